The van der Waals surface area contributed by atoms with Gasteiger partial charge in [0.1, 0.15) is 0 Å². The summed E-state index contributed by atoms with van der Waals surface area (Å²) < 4.78 is 51.0. The predicted octanol–water partition coefficient (Wildman–Crippen LogP) is 0.424. The molecule has 1 rings (SSSR count). The van der Waals surface area contributed by atoms with Gasteiger partial charge in [0.05, 0.1) is 11.5 Å². The lowest BCUT2D eigenvalue weighted by Gasteiger charge is -2.29. The fraction of sp³-hybridized carbons (Fsp3) is 1.00. The zero-order valence-electron chi connectivity index (χ0n) is 11.6. The van der Waals surface area contributed by atoms with E-state index in [9.17, 15) is 16.8 Å². The number of hydrogen-bond donors (Lipinski definition) is 2. The van der Waals surface area contributed by atoms with E-state index in [4.69, 9.17) is 0 Å². The van der Waals surface area contributed by atoms with Crippen molar-refractivity contribution in [1.29, 1.82) is 0 Å². The third-order valence-corrected chi connectivity index (χ3v) is 6.30. The lowest BCUT2D eigenvalue weighted by atomic mass is 9.86. The molecule has 0 bridgehead atoms. The smallest absolute Gasteiger partial charge is 0.211 e. The van der Waals surface area contributed by atoms with Crippen molar-refractivity contribution in [1.82, 2.24) is 9.44 Å². The zero-order valence-corrected chi connectivity index (χ0v) is 13.2. The highest BCUT2D eigenvalue weighted by molar-refractivity contribution is 7.89. The van der Waals surface area contributed by atoms with Crippen molar-refractivity contribution < 1.29 is 16.8 Å². The Morgan fingerprint density at radius 2 is 1.63 bits per heavy atom. The highest BCUT2D eigenvalue weighted by Crippen LogP contribution is 2.24. The maximum absolute atomic E-state index is 11.5. The van der Waals surface area contributed by atoms with Crippen molar-refractivity contribution in [3.63, 3.8) is 0 Å². The summed E-state index contributed by atoms with van der Waals surface area (Å²) in [6, 6.07) is -0.0603. The van der Waals surface area contributed by atoms with Crippen molar-refractivity contribution in [2.75, 3.05) is 18.1 Å². The minimum atomic E-state index is -3.18. The number of nitrogens with one attached hydrogen (secondary N) is 2. The van der Waals surface area contributed by atoms with Gasteiger partial charge in [-0.05, 0) is 39.0 Å². The molecule has 1 saturated carbocycles. The van der Waals surface area contributed by atoms with Gasteiger partial charge in [-0.1, -0.05) is 6.42 Å². The van der Waals surface area contributed by atoms with Crippen LogP contribution >= 0.6 is 0 Å². The van der Waals surface area contributed by atoms with Gasteiger partial charge in [0, 0.05) is 12.6 Å². The van der Waals surface area contributed by atoms with E-state index in [1.807, 2.05) is 0 Å². The van der Waals surface area contributed by atoms with Crippen LogP contribution in [0.5, 0.6) is 0 Å². The zero-order chi connectivity index (χ0) is 14.5. The molecule has 1 aliphatic rings. The van der Waals surface area contributed by atoms with Crippen molar-refractivity contribution in [2.24, 2.45) is 5.92 Å². The molecule has 0 aromatic rings. The molecular weight excluding hydrogens is 288 g/mol. The molecule has 0 aromatic carbocycles. The van der Waals surface area contributed by atoms with E-state index in [2.05, 4.69) is 9.44 Å². The predicted molar refractivity (Wildman–Crippen MR) is 75.8 cm³/mol. The van der Waals surface area contributed by atoms with Gasteiger partial charge in [-0.25, -0.2) is 26.3 Å². The van der Waals surface area contributed by atoms with Crippen LogP contribution in [-0.4, -0.2) is 40.9 Å². The molecule has 0 radical (unpaired) electrons. The lowest BCUT2D eigenvalue weighted by Crippen LogP contribution is -2.41. The Morgan fingerprint density at radius 1 is 1.00 bits per heavy atom. The van der Waals surface area contributed by atoms with Gasteiger partial charge in [0.2, 0.25) is 20.0 Å². The van der Waals surface area contributed by atoms with E-state index < -0.39 is 20.0 Å². The van der Waals surface area contributed by atoms with E-state index in [1.54, 1.807) is 13.8 Å². The molecule has 114 valence electrons. The molecule has 2 N–H and O–H groups in total. The van der Waals surface area contributed by atoms with E-state index in [0.717, 1.165) is 19.3 Å². The molecule has 0 aromatic heterocycles. The highest BCUT2D eigenvalue weighted by atomic mass is 32.2. The standard InChI is InChI=1S/C11H24N2O4S2/c1-3-18(14,15)12-9-10-6-5-7-11(8-10)13-19(16,17)4-2/h10-13H,3-9H2,1-2H3. The Morgan fingerprint density at radius 3 is 2.21 bits per heavy atom. The number of rotatable bonds is 7. The Labute approximate surface area is 116 Å². The summed E-state index contributed by atoms with van der Waals surface area (Å²) in [5.41, 5.74) is 0. The molecular formula is C11H24N2O4S2. The van der Waals surface area contributed by atoms with Gasteiger partial charge in [0.15, 0.2) is 0 Å². The first kappa shape index (κ1) is 16.9. The summed E-state index contributed by atoms with van der Waals surface area (Å²) >= 11 is 0. The molecule has 1 fully saturated rings. The van der Waals surface area contributed by atoms with E-state index in [1.165, 1.54) is 0 Å². The van der Waals surface area contributed by atoms with Crippen LogP contribution in [0.1, 0.15) is 39.5 Å². The fourth-order valence-corrected chi connectivity index (χ4v) is 3.85. The maximum Gasteiger partial charge on any atom is 0.211 e. The molecule has 2 atom stereocenters. The summed E-state index contributed by atoms with van der Waals surface area (Å²) in [7, 11) is -6.34. The monoisotopic (exact) mass is 312 g/mol. The van der Waals surface area contributed by atoms with Crippen LogP contribution in [0.4, 0.5) is 0 Å². The minimum Gasteiger partial charge on any atom is -0.215 e. The van der Waals surface area contributed by atoms with Gasteiger partial charge in [0.25, 0.3) is 0 Å². The average Bonchev–Trinajstić information content (AvgIpc) is 2.37. The molecule has 8 heteroatoms. The molecule has 0 aliphatic heterocycles. The normalized spacial score (nSPS) is 25.4. The molecule has 6 nitrogen and oxygen atoms in total. The summed E-state index contributed by atoms with van der Waals surface area (Å²) in [4.78, 5) is 0. The van der Waals surface area contributed by atoms with Gasteiger partial charge in [-0.2, -0.15) is 0 Å². The highest BCUT2D eigenvalue weighted by Gasteiger charge is 2.25. The summed E-state index contributed by atoms with van der Waals surface area (Å²) in [6.07, 6.45) is 3.40. The van der Waals surface area contributed by atoms with Crippen LogP contribution in [0, 0.1) is 5.92 Å². The summed E-state index contributed by atoms with van der Waals surface area (Å²) in [6.45, 7) is 3.61. The average molecular weight is 312 g/mol. The Kier molecular flexibility index (Phi) is 6.22. The Balaban J connectivity index is 2.47. The largest absolute Gasteiger partial charge is 0.215 e. The fourth-order valence-electron chi connectivity index (χ4n) is 2.27. The molecule has 0 saturated heterocycles. The molecule has 1 aliphatic carbocycles. The molecule has 2 unspecified atom stereocenters. The first-order valence-corrected chi connectivity index (χ1v) is 10.1. The Hall–Kier alpha value is -0.180. The van der Waals surface area contributed by atoms with E-state index >= 15 is 0 Å². The second-order valence-corrected chi connectivity index (χ2v) is 9.14. The van der Waals surface area contributed by atoms with Crippen LogP contribution in [-0.2, 0) is 20.0 Å². The van der Waals surface area contributed by atoms with Crippen LogP contribution in [0.25, 0.3) is 0 Å². The van der Waals surface area contributed by atoms with Crippen LogP contribution in [0.2, 0.25) is 0 Å². The third-order valence-electron chi connectivity index (χ3n) is 3.48. The topological polar surface area (TPSA) is 92.3 Å². The second kappa shape index (κ2) is 7.01. The van der Waals surface area contributed by atoms with E-state index in [0.29, 0.717) is 13.0 Å². The van der Waals surface area contributed by atoms with Gasteiger partial charge in [-0.3, -0.25) is 0 Å². The van der Waals surface area contributed by atoms with Crippen LogP contribution in [0.15, 0.2) is 0 Å². The second-order valence-electron chi connectivity index (χ2n) is 5.00. The van der Waals surface area contributed by atoms with Gasteiger partial charge >= 0.3 is 0 Å². The summed E-state index contributed by atoms with van der Waals surface area (Å²) in [5.74, 6) is 0.363. The van der Waals surface area contributed by atoms with Crippen LogP contribution < -0.4 is 9.44 Å². The van der Waals surface area contributed by atoms with Gasteiger partial charge in [-0.15, -0.1) is 0 Å². The Bertz CT molecular complexity index is 473. The quantitative estimate of drug-likeness (QED) is 0.713. The lowest BCUT2D eigenvalue weighted by molar-refractivity contribution is 0.308. The molecule has 0 amide bonds. The molecule has 19 heavy (non-hydrogen) atoms. The summed E-state index contributed by atoms with van der Waals surface area (Å²) in [5, 5.41) is 0. The number of hydrogen-bond acceptors (Lipinski definition) is 4. The first-order chi connectivity index (χ1) is 8.78. The maximum atomic E-state index is 11.5. The van der Waals surface area contributed by atoms with Crippen LogP contribution in [0.3, 0.4) is 0 Å². The minimum absolute atomic E-state index is 0.0603. The SMILES string of the molecule is CCS(=O)(=O)NCC1CCCC(NS(=O)(=O)CC)C1. The van der Waals surface area contributed by atoms with Crippen molar-refractivity contribution in [3.8, 4) is 0 Å². The third kappa shape index (κ3) is 6.20. The molecule has 0 spiro atoms. The molecule has 0 heterocycles. The van der Waals surface area contributed by atoms with Crippen molar-refractivity contribution in [2.45, 2.75) is 45.6 Å². The number of sulfonamides is 2. The van der Waals surface area contributed by atoms with Gasteiger partial charge < -0.3 is 0 Å². The van der Waals surface area contributed by atoms with Crippen molar-refractivity contribution in [3.05, 3.63) is 0 Å². The van der Waals surface area contributed by atoms with E-state index in [-0.39, 0.29) is 23.5 Å². The first-order valence-electron chi connectivity index (χ1n) is 6.75. The van der Waals surface area contributed by atoms with Crippen molar-refractivity contribution >= 4 is 20.0 Å².